The molecule has 12 rings (SSSR count). The van der Waals surface area contributed by atoms with Crippen LogP contribution in [-0.4, -0.2) is 15.0 Å². The first kappa shape index (κ1) is 27.7. The molecule has 1 aliphatic rings. The maximum absolute atomic E-state index is 6.86. The van der Waals surface area contributed by atoms with Crippen LogP contribution >= 0.6 is 0 Å². The predicted molar refractivity (Wildman–Crippen MR) is 211 cm³/mol. The summed E-state index contributed by atoms with van der Waals surface area (Å²) >= 11 is 0. The van der Waals surface area contributed by atoms with E-state index in [1.54, 1.807) is 0 Å². The average Bonchev–Trinajstić information content (AvgIpc) is 3.61. The summed E-state index contributed by atoms with van der Waals surface area (Å²) in [5, 5.41) is 13.1. The lowest BCUT2D eigenvalue weighted by Crippen LogP contribution is -2.03. The number of furan rings is 1. The fourth-order valence-corrected chi connectivity index (χ4v) is 8.27. The monoisotopic (exact) mass is 663 g/mol. The van der Waals surface area contributed by atoms with E-state index < -0.39 is 0 Å². The molecule has 0 atom stereocenters. The van der Waals surface area contributed by atoms with E-state index in [1.165, 1.54) is 10.8 Å². The van der Waals surface area contributed by atoms with E-state index in [0.29, 0.717) is 17.5 Å². The first-order valence-corrected chi connectivity index (χ1v) is 17.4. The molecular formula is C47H25N3O2. The number of benzene rings is 9. The second-order valence-electron chi connectivity index (χ2n) is 13.5. The van der Waals surface area contributed by atoms with Gasteiger partial charge < -0.3 is 9.15 Å². The Hall–Kier alpha value is -7.11. The minimum Gasteiger partial charge on any atom is -0.455 e. The molecule has 0 saturated carbocycles. The van der Waals surface area contributed by atoms with Crippen LogP contribution < -0.4 is 4.74 Å². The van der Waals surface area contributed by atoms with Gasteiger partial charge in [-0.2, -0.15) is 0 Å². The van der Waals surface area contributed by atoms with Crippen LogP contribution in [0.5, 0.6) is 11.5 Å². The van der Waals surface area contributed by atoms with Crippen LogP contribution in [0.2, 0.25) is 0 Å². The van der Waals surface area contributed by atoms with Gasteiger partial charge in [0.1, 0.15) is 22.7 Å². The molecule has 52 heavy (non-hydrogen) atoms. The van der Waals surface area contributed by atoms with Crippen LogP contribution in [-0.2, 0) is 0 Å². The second kappa shape index (κ2) is 10.2. The molecule has 1 aliphatic heterocycles. The molecule has 5 heteroatoms. The van der Waals surface area contributed by atoms with Crippen LogP contribution in [0.1, 0.15) is 0 Å². The topological polar surface area (TPSA) is 61.0 Å². The van der Waals surface area contributed by atoms with Gasteiger partial charge in [0.25, 0.3) is 0 Å². The Morgan fingerprint density at radius 1 is 0.365 bits per heavy atom. The molecule has 0 bridgehead atoms. The highest BCUT2D eigenvalue weighted by molar-refractivity contribution is 6.26. The number of aromatic nitrogens is 3. The summed E-state index contributed by atoms with van der Waals surface area (Å²) in [5.41, 5.74) is 4.27. The molecule has 9 aromatic carbocycles. The Bertz CT molecular complexity index is 3320. The highest BCUT2D eigenvalue weighted by Crippen LogP contribution is 2.50. The molecule has 3 heterocycles. The zero-order valence-electron chi connectivity index (χ0n) is 27.6. The van der Waals surface area contributed by atoms with Gasteiger partial charge in [0.05, 0.1) is 5.56 Å². The molecule has 2 aromatic heterocycles. The van der Waals surface area contributed by atoms with Crippen molar-refractivity contribution in [2.75, 3.05) is 0 Å². The molecule has 0 unspecified atom stereocenters. The fourth-order valence-electron chi connectivity index (χ4n) is 8.27. The van der Waals surface area contributed by atoms with Crippen molar-refractivity contribution in [3.05, 3.63) is 152 Å². The number of hydrogen-bond acceptors (Lipinski definition) is 5. The number of ether oxygens (including phenoxy) is 1. The molecule has 0 fully saturated rings. The number of hydrogen-bond donors (Lipinski definition) is 0. The van der Waals surface area contributed by atoms with Crippen molar-refractivity contribution in [2.45, 2.75) is 0 Å². The molecule has 0 N–H and O–H groups in total. The smallest absolute Gasteiger partial charge is 0.167 e. The minimum atomic E-state index is 0.545. The Kier molecular flexibility index (Phi) is 5.44. The summed E-state index contributed by atoms with van der Waals surface area (Å²) in [4.78, 5) is 15.7. The van der Waals surface area contributed by atoms with E-state index in [4.69, 9.17) is 24.1 Å². The van der Waals surface area contributed by atoms with Gasteiger partial charge in [-0.1, -0.05) is 127 Å². The Morgan fingerprint density at radius 3 is 1.81 bits per heavy atom. The van der Waals surface area contributed by atoms with Gasteiger partial charge in [-0.3, -0.25) is 0 Å². The summed E-state index contributed by atoms with van der Waals surface area (Å²) in [6, 6.07) is 52.6. The van der Waals surface area contributed by atoms with Crippen LogP contribution in [0.4, 0.5) is 0 Å². The quantitative estimate of drug-likeness (QED) is 0.176. The van der Waals surface area contributed by atoms with Gasteiger partial charge in [0.15, 0.2) is 17.5 Å². The fraction of sp³-hybridized carbons (Fsp3) is 0. The standard InChI is InChI=1S/C47H25N3O2/c1-2-10-30(11-3-1)45-48-46(35-24-22-29-20-19-28-18-17-27-13-8-16-37-38(27)39(28)40(29)44(35)51-37)50-47(49-45)36-25-31-12-5-7-15-33(31)43-41(36)34-23-21-26-9-4-6-14-32(26)42(34)52-43/h1-25H. The van der Waals surface area contributed by atoms with E-state index in [1.807, 2.05) is 36.4 Å². The largest absolute Gasteiger partial charge is 0.455 e. The van der Waals surface area contributed by atoms with Gasteiger partial charge in [0.2, 0.25) is 0 Å². The van der Waals surface area contributed by atoms with E-state index in [2.05, 4.69) is 115 Å². The SMILES string of the molecule is c1ccc(-c2nc(-c3ccc4ccc5ccc6cccc7c6c5c4c3O7)nc(-c3cc4ccccc4c4oc5c6ccccc6ccc5c34)n2)cc1. The van der Waals surface area contributed by atoms with Crippen molar-refractivity contribution in [2.24, 2.45) is 0 Å². The molecule has 0 radical (unpaired) electrons. The number of fused-ring (bicyclic) bond motifs is 7. The normalized spacial score (nSPS) is 12.4. The molecule has 0 saturated heterocycles. The highest BCUT2D eigenvalue weighted by Gasteiger charge is 2.26. The average molecular weight is 664 g/mol. The van der Waals surface area contributed by atoms with Crippen molar-refractivity contribution in [3.63, 3.8) is 0 Å². The molecular weight excluding hydrogens is 639 g/mol. The third-order valence-electron chi connectivity index (χ3n) is 10.6. The van der Waals surface area contributed by atoms with Gasteiger partial charge in [-0.15, -0.1) is 0 Å². The van der Waals surface area contributed by atoms with Gasteiger partial charge in [-0.25, -0.2) is 15.0 Å². The van der Waals surface area contributed by atoms with Gasteiger partial charge >= 0.3 is 0 Å². The van der Waals surface area contributed by atoms with Crippen LogP contribution in [0, 0.1) is 0 Å². The minimum absolute atomic E-state index is 0.545. The first-order chi connectivity index (χ1) is 25.8. The lowest BCUT2D eigenvalue weighted by atomic mass is 9.92. The summed E-state index contributed by atoms with van der Waals surface area (Å²) in [6.07, 6.45) is 0. The third-order valence-corrected chi connectivity index (χ3v) is 10.6. The molecule has 11 aromatic rings. The number of rotatable bonds is 3. The third kappa shape index (κ3) is 3.79. The van der Waals surface area contributed by atoms with Crippen molar-refractivity contribution < 1.29 is 9.15 Å². The van der Waals surface area contributed by atoms with Crippen LogP contribution in [0.3, 0.4) is 0 Å². The number of nitrogens with zero attached hydrogens (tertiary/aromatic N) is 3. The van der Waals surface area contributed by atoms with Crippen molar-refractivity contribution >= 4 is 75.8 Å². The summed E-state index contributed by atoms with van der Waals surface area (Å²) < 4.78 is 13.7. The van der Waals surface area contributed by atoms with E-state index >= 15 is 0 Å². The maximum Gasteiger partial charge on any atom is 0.167 e. The van der Waals surface area contributed by atoms with E-state index in [9.17, 15) is 0 Å². The zero-order valence-corrected chi connectivity index (χ0v) is 27.6. The van der Waals surface area contributed by atoms with E-state index in [0.717, 1.165) is 93.2 Å². The van der Waals surface area contributed by atoms with Gasteiger partial charge in [-0.05, 0) is 51.2 Å². The summed E-state index contributed by atoms with van der Waals surface area (Å²) in [5.74, 6) is 3.29. The molecule has 240 valence electrons. The van der Waals surface area contributed by atoms with Crippen molar-refractivity contribution in [3.8, 4) is 45.7 Å². The van der Waals surface area contributed by atoms with E-state index in [-0.39, 0.29) is 0 Å². The summed E-state index contributed by atoms with van der Waals surface area (Å²) in [6.45, 7) is 0. The first-order valence-electron chi connectivity index (χ1n) is 17.4. The Morgan fingerprint density at radius 2 is 0.981 bits per heavy atom. The molecule has 0 aliphatic carbocycles. The highest BCUT2D eigenvalue weighted by atomic mass is 16.5. The molecule has 0 amide bonds. The lowest BCUT2D eigenvalue weighted by molar-refractivity contribution is 0.494. The second-order valence-corrected chi connectivity index (χ2v) is 13.5. The van der Waals surface area contributed by atoms with Gasteiger partial charge in [0, 0.05) is 48.8 Å². The van der Waals surface area contributed by atoms with Crippen LogP contribution in [0.25, 0.3) is 110 Å². The van der Waals surface area contributed by atoms with Crippen molar-refractivity contribution in [1.29, 1.82) is 0 Å². The van der Waals surface area contributed by atoms with Crippen molar-refractivity contribution in [1.82, 2.24) is 15.0 Å². The lowest BCUT2D eigenvalue weighted by Gasteiger charge is -2.22. The Balaban J connectivity index is 1.20. The maximum atomic E-state index is 6.86. The molecule has 0 spiro atoms. The zero-order chi connectivity index (χ0) is 33.9. The Labute approximate surface area is 296 Å². The van der Waals surface area contributed by atoms with Crippen LogP contribution in [0.15, 0.2) is 156 Å². The predicted octanol–water partition coefficient (Wildman–Crippen LogP) is 12.6. The summed E-state index contributed by atoms with van der Waals surface area (Å²) in [7, 11) is 0. The molecule has 5 nitrogen and oxygen atoms in total.